The van der Waals surface area contributed by atoms with Crippen LogP contribution in [0.5, 0.6) is 0 Å². The maximum absolute atomic E-state index is 11.0. The van der Waals surface area contributed by atoms with Gasteiger partial charge in [0.05, 0.1) is 0 Å². The predicted molar refractivity (Wildman–Crippen MR) is 53.3 cm³/mol. The zero-order valence-electron chi connectivity index (χ0n) is 9.18. The van der Waals surface area contributed by atoms with Crippen LogP contribution < -0.4 is 0 Å². The van der Waals surface area contributed by atoms with Crippen molar-refractivity contribution in [3.8, 4) is 0 Å². The van der Waals surface area contributed by atoms with E-state index in [4.69, 9.17) is 4.74 Å². The zero-order valence-corrected chi connectivity index (χ0v) is 9.18. The minimum absolute atomic E-state index is 0.00928. The van der Waals surface area contributed by atoms with Gasteiger partial charge in [0.1, 0.15) is 6.73 Å². The van der Waals surface area contributed by atoms with Crippen molar-refractivity contribution >= 4 is 5.97 Å². The van der Waals surface area contributed by atoms with Gasteiger partial charge in [-0.3, -0.25) is 4.90 Å². The lowest BCUT2D eigenvalue weighted by molar-refractivity contribution is -0.145. The molecule has 0 N–H and O–H groups in total. The van der Waals surface area contributed by atoms with Crippen molar-refractivity contribution in [2.45, 2.75) is 33.2 Å². The number of hydrogen-bond acceptors (Lipinski definition) is 3. The zero-order chi connectivity index (χ0) is 10.6. The Balaban J connectivity index is 3.91. The van der Waals surface area contributed by atoms with Crippen molar-refractivity contribution in [3.63, 3.8) is 0 Å². The van der Waals surface area contributed by atoms with Gasteiger partial charge in [-0.05, 0) is 34.7 Å². The fourth-order valence-corrected chi connectivity index (χ4v) is 0.472. The average molecular weight is 185 g/mol. The highest BCUT2D eigenvalue weighted by atomic mass is 16.5. The van der Waals surface area contributed by atoms with E-state index in [9.17, 15) is 4.79 Å². The Kier molecular flexibility index (Phi) is 4.14. The summed E-state index contributed by atoms with van der Waals surface area (Å²) in [6, 6.07) is 0. The van der Waals surface area contributed by atoms with Gasteiger partial charge in [-0.25, -0.2) is 4.79 Å². The lowest BCUT2D eigenvalue weighted by atomic mass is 10.1. The lowest BCUT2D eigenvalue weighted by Gasteiger charge is -2.30. The van der Waals surface area contributed by atoms with Crippen LogP contribution in [0.25, 0.3) is 0 Å². The van der Waals surface area contributed by atoms with Gasteiger partial charge in [-0.15, -0.1) is 0 Å². The van der Waals surface area contributed by atoms with Gasteiger partial charge in [-0.2, -0.15) is 0 Å². The molecule has 0 saturated heterocycles. The van der Waals surface area contributed by atoms with Crippen LogP contribution in [0.2, 0.25) is 0 Å². The van der Waals surface area contributed by atoms with Crippen molar-refractivity contribution in [2.75, 3.05) is 13.8 Å². The van der Waals surface area contributed by atoms with Gasteiger partial charge in [0, 0.05) is 11.1 Å². The topological polar surface area (TPSA) is 29.5 Å². The molecular formula is C10H19NO2. The molecular weight excluding hydrogens is 166 g/mol. The highest BCUT2D eigenvalue weighted by molar-refractivity contribution is 5.86. The smallest absolute Gasteiger partial charge is 0.334 e. The number of nitrogens with zero attached hydrogens (tertiary/aromatic N) is 1. The van der Waals surface area contributed by atoms with Crippen LogP contribution in [0.3, 0.4) is 0 Å². The molecule has 3 heteroatoms. The van der Waals surface area contributed by atoms with Crippen LogP contribution in [-0.4, -0.2) is 30.2 Å². The van der Waals surface area contributed by atoms with Crippen molar-refractivity contribution in [1.82, 2.24) is 4.90 Å². The SMILES string of the molecule is C=C(C)C(=O)OCN(C)C(C)(C)C. The van der Waals surface area contributed by atoms with Crippen LogP contribution in [0, 0.1) is 0 Å². The fraction of sp³-hybridized carbons (Fsp3) is 0.700. The van der Waals surface area contributed by atoms with E-state index >= 15 is 0 Å². The van der Waals surface area contributed by atoms with E-state index in [1.54, 1.807) is 6.92 Å². The van der Waals surface area contributed by atoms with Crippen molar-refractivity contribution in [3.05, 3.63) is 12.2 Å². The molecule has 0 bridgehead atoms. The molecule has 0 aromatic rings. The molecule has 0 aromatic heterocycles. The summed E-state index contributed by atoms with van der Waals surface area (Å²) in [7, 11) is 1.91. The maximum atomic E-state index is 11.0. The van der Waals surface area contributed by atoms with E-state index < -0.39 is 0 Å². The van der Waals surface area contributed by atoms with Crippen LogP contribution in [0.15, 0.2) is 12.2 Å². The number of rotatable bonds is 3. The fourth-order valence-electron chi connectivity index (χ4n) is 0.472. The van der Waals surface area contributed by atoms with E-state index in [2.05, 4.69) is 27.4 Å². The first kappa shape index (κ1) is 12.2. The van der Waals surface area contributed by atoms with E-state index in [1.807, 2.05) is 11.9 Å². The molecule has 0 unspecified atom stereocenters. The first-order valence-corrected chi connectivity index (χ1v) is 4.29. The van der Waals surface area contributed by atoms with Gasteiger partial charge < -0.3 is 4.74 Å². The monoisotopic (exact) mass is 185 g/mol. The second kappa shape index (κ2) is 4.42. The van der Waals surface area contributed by atoms with Crippen molar-refractivity contribution in [2.24, 2.45) is 0 Å². The summed E-state index contributed by atoms with van der Waals surface area (Å²) in [5, 5.41) is 0. The third-order valence-corrected chi connectivity index (χ3v) is 1.88. The van der Waals surface area contributed by atoms with E-state index in [0.29, 0.717) is 12.3 Å². The van der Waals surface area contributed by atoms with E-state index in [-0.39, 0.29) is 11.5 Å². The molecule has 0 aromatic carbocycles. The molecule has 0 heterocycles. The third-order valence-electron chi connectivity index (χ3n) is 1.88. The van der Waals surface area contributed by atoms with Crippen molar-refractivity contribution < 1.29 is 9.53 Å². The van der Waals surface area contributed by atoms with Gasteiger partial charge >= 0.3 is 5.97 Å². The molecule has 0 spiro atoms. The normalized spacial score (nSPS) is 11.5. The number of carbonyl (C=O) groups is 1. The Morgan fingerprint density at radius 3 is 2.23 bits per heavy atom. The number of esters is 1. The molecule has 0 aliphatic carbocycles. The first-order valence-electron chi connectivity index (χ1n) is 4.29. The molecule has 13 heavy (non-hydrogen) atoms. The standard InChI is InChI=1S/C10H19NO2/c1-8(2)9(12)13-7-11(6)10(3,4)5/h1,7H2,2-6H3. The Hall–Kier alpha value is -0.830. The van der Waals surface area contributed by atoms with Crippen LogP contribution in [0.1, 0.15) is 27.7 Å². The van der Waals surface area contributed by atoms with Gasteiger partial charge in [0.2, 0.25) is 0 Å². The second-order valence-electron chi connectivity index (χ2n) is 4.21. The predicted octanol–water partition coefficient (Wildman–Crippen LogP) is 1.79. The second-order valence-corrected chi connectivity index (χ2v) is 4.21. The maximum Gasteiger partial charge on any atom is 0.334 e. The molecule has 0 radical (unpaired) electrons. The summed E-state index contributed by atoms with van der Waals surface area (Å²) < 4.78 is 4.98. The van der Waals surface area contributed by atoms with E-state index in [0.717, 1.165) is 0 Å². The summed E-state index contributed by atoms with van der Waals surface area (Å²) in [6.45, 7) is 11.6. The molecule has 0 rings (SSSR count). The molecule has 0 atom stereocenters. The lowest BCUT2D eigenvalue weighted by Crippen LogP contribution is -2.40. The summed E-state index contributed by atoms with van der Waals surface area (Å²) in [4.78, 5) is 13.0. The number of hydrogen-bond donors (Lipinski definition) is 0. The molecule has 0 saturated carbocycles. The van der Waals surface area contributed by atoms with Crippen molar-refractivity contribution in [1.29, 1.82) is 0 Å². The van der Waals surface area contributed by atoms with Gasteiger partial charge in [0.25, 0.3) is 0 Å². The van der Waals surface area contributed by atoms with Gasteiger partial charge in [0.15, 0.2) is 0 Å². The first-order chi connectivity index (χ1) is 5.75. The summed E-state index contributed by atoms with van der Waals surface area (Å²) >= 11 is 0. The molecule has 0 fully saturated rings. The highest BCUT2D eigenvalue weighted by Gasteiger charge is 2.17. The Morgan fingerprint density at radius 2 is 1.92 bits per heavy atom. The largest absolute Gasteiger partial charge is 0.446 e. The quantitative estimate of drug-likeness (QED) is 0.381. The van der Waals surface area contributed by atoms with Crippen LogP contribution in [0.4, 0.5) is 0 Å². The number of carbonyl (C=O) groups excluding carboxylic acids is 1. The minimum Gasteiger partial charge on any atom is -0.446 e. The van der Waals surface area contributed by atoms with Gasteiger partial charge in [-0.1, -0.05) is 6.58 Å². The molecule has 3 nitrogen and oxygen atoms in total. The minimum atomic E-state index is -0.337. The van der Waals surface area contributed by atoms with Crippen LogP contribution in [-0.2, 0) is 9.53 Å². The molecule has 76 valence electrons. The molecule has 0 aliphatic heterocycles. The average Bonchev–Trinajstić information content (AvgIpc) is 1.97. The van der Waals surface area contributed by atoms with E-state index in [1.165, 1.54) is 0 Å². The van der Waals surface area contributed by atoms with Crippen LogP contribution >= 0.6 is 0 Å². The third kappa shape index (κ3) is 4.68. The molecule has 0 amide bonds. The summed E-state index contributed by atoms with van der Waals surface area (Å²) in [5.74, 6) is -0.337. The number of ether oxygens (including phenoxy) is 1. The Morgan fingerprint density at radius 1 is 1.46 bits per heavy atom. The Labute approximate surface area is 80.4 Å². The summed E-state index contributed by atoms with van der Waals surface area (Å²) in [5.41, 5.74) is 0.442. The molecule has 0 aliphatic rings. The Bertz CT molecular complexity index is 203. The summed E-state index contributed by atoms with van der Waals surface area (Å²) in [6.07, 6.45) is 0. The highest BCUT2D eigenvalue weighted by Crippen LogP contribution is 2.09.